The number of nitrogens with zero attached hydrogens (tertiary/aromatic N) is 1. The quantitative estimate of drug-likeness (QED) is 0.681. The summed E-state index contributed by atoms with van der Waals surface area (Å²) in [5.41, 5.74) is 0.690. The maximum atomic E-state index is 12.4. The molecule has 0 bridgehead atoms. The van der Waals surface area contributed by atoms with Crippen LogP contribution in [0.4, 0.5) is 0 Å². The van der Waals surface area contributed by atoms with E-state index in [1.807, 2.05) is 33.8 Å². The van der Waals surface area contributed by atoms with E-state index in [0.29, 0.717) is 18.5 Å². The Kier molecular flexibility index (Phi) is 7.06. The van der Waals surface area contributed by atoms with E-state index in [9.17, 15) is 13.2 Å². The first-order valence-electron chi connectivity index (χ1n) is 7.95. The lowest BCUT2D eigenvalue weighted by atomic mass is 10.1. The number of carbonyl (C=O) groups excluding carboxylic acids is 1. The Morgan fingerprint density at radius 3 is 2.30 bits per heavy atom. The smallest absolute Gasteiger partial charge is 0.308 e. The number of rotatable bonds is 8. The van der Waals surface area contributed by atoms with Gasteiger partial charge in [-0.25, -0.2) is 0 Å². The second-order valence-electron chi connectivity index (χ2n) is 6.25. The van der Waals surface area contributed by atoms with Gasteiger partial charge in [-0.15, -0.1) is 0 Å². The predicted molar refractivity (Wildman–Crippen MR) is 91.7 cm³/mol. The van der Waals surface area contributed by atoms with Crippen molar-refractivity contribution in [3.63, 3.8) is 0 Å². The lowest BCUT2D eigenvalue weighted by molar-refractivity contribution is -0.134. The van der Waals surface area contributed by atoms with Crippen LogP contribution >= 0.6 is 0 Å². The van der Waals surface area contributed by atoms with E-state index in [0.717, 1.165) is 0 Å². The first-order chi connectivity index (χ1) is 10.7. The standard InChI is InChI=1S/C17H27NO4S/c1-6-23(20,21)22-16-10-8-7-9-15(16)12-18(14(4)5)17(19)11-13(2)3/h7-10,13-14H,6,11-12H2,1-5H3. The molecule has 1 aromatic carbocycles. The number of para-hydroxylation sites is 1. The first-order valence-corrected chi connectivity index (χ1v) is 9.53. The third-order valence-corrected chi connectivity index (χ3v) is 4.55. The maximum Gasteiger partial charge on any atom is 0.308 e. The molecule has 130 valence electrons. The van der Waals surface area contributed by atoms with Crippen molar-refractivity contribution >= 4 is 16.0 Å². The Morgan fingerprint density at radius 2 is 1.78 bits per heavy atom. The average molecular weight is 341 g/mol. The number of amides is 1. The van der Waals surface area contributed by atoms with Gasteiger partial charge < -0.3 is 9.08 Å². The Labute approximate surface area is 139 Å². The van der Waals surface area contributed by atoms with E-state index in [1.54, 1.807) is 23.1 Å². The molecule has 0 atom stereocenters. The van der Waals surface area contributed by atoms with Crippen LogP contribution < -0.4 is 4.18 Å². The summed E-state index contributed by atoms with van der Waals surface area (Å²) in [6, 6.07) is 6.97. The van der Waals surface area contributed by atoms with E-state index in [2.05, 4.69) is 0 Å². The Balaban J connectivity index is 3.03. The molecule has 0 aliphatic rings. The summed E-state index contributed by atoms with van der Waals surface area (Å²) in [5.74, 6) is 0.526. The van der Waals surface area contributed by atoms with E-state index in [1.165, 1.54) is 6.92 Å². The minimum absolute atomic E-state index is 0.0251. The van der Waals surface area contributed by atoms with Crippen LogP contribution in [0.3, 0.4) is 0 Å². The highest BCUT2D eigenvalue weighted by Crippen LogP contribution is 2.23. The fraction of sp³-hybridized carbons (Fsp3) is 0.588. The molecule has 0 saturated heterocycles. The number of hydrogen-bond donors (Lipinski definition) is 0. The summed E-state index contributed by atoms with van der Waals surface area (Å²) < 4.78 is 28.6. The topological polar surface area (TPSA) is 63.7 Å². The molecule has 5 nitrogen and oxygen atoms in total. The van der Waals surface area contributed by atoms with Gasteiger partial charge in [0.15, 0.2) is 0 Å². The first kappa shape index (κ1) is 19.5. The minimum atomic E-state index is -3.59. The van der Waals surface area contributed by atoms with Crippen molar-refractivity contribution in [2.75, 3.05) is 5.75 Å². The summed E-state index contributed by atoms with van der Waals surface area (Å²) in [6.45, 7) is 9.76. The highest BCUT2D eigenvalue weighted by atomic mass is 32.2. The van der Waals surface area contributed by atoms with Crippen molar-refractivity contribution in [3.8, 4) is 5.75 Å². The van der Waals surface area contributed by atoms with Gasteiger partial charge in [-0.3, -0.25) is 4.79 Å². The van der Waals surface area contributed by atoms with E-state index in [-0.39, 0.29) is 29.4 Å². The number of carbonyl (C=O) groups is 1. The Bertz CT molecular complexity index is 623. The van der Waals surface area contributed by atoms with Gasteiger partial charge in [0.05, 0.1) is 5.75 Å². The van der Waals surface area contributed by atoms with Crippen molar-refractivity contribution in [1.82, 2.24) is 4.90 Å². The summed E-state index contributed by atoms with van der Waals surface area (Å²) >= 11 is 0. The number of hydrogen-bond acceptors (Lipinski definition) is 4. The van der Waals surface area contributed by atoms with Gasteiger partial charge >= 0.3 is 10.1 Å². The maximum absolute atomic E-state index is 12.4. The Morgan fingerprint density at radius 1 is 1.17 bits per heavy atom. The van der Waals surface area contributed by atoms with Gasteiger partial charge in [0.25, 0.3) is 0 Å². The molecule has 1 rings (SSSR count). The molecule has 6 heteroatoms. The van der Waals surface area contributed by atoms with Crippen LogP contribution in [0, 0.1) is 5.92 Å². The molecule has 0 N–H and O–H groups in total. The molecule has 0 aliphatic heterocycles. The second-order valence-corrected chi connectivity index (χ2v) is 8.11. The average Bonchev–Trinajstić information content (AvgIpc) is 2.44. The van der Waals surface area contributed by atoms with E-state index >= 15 is 0 Å². The highest BCUT2D eigenvalue weighted by Gasteiger charge is 2.21. The van der Waals surface area contributed by atoms with Gasteiger partial charge in [0, 0.05) is 24.6 Å². The molecule has 0 aliphatic carbocycles. The lowest BCUT2D eigenvalue weighted by Crippen LogP contribution is -2.37. The lowest BCUT2D eigenvalue weighted by Gasteiger charge is -2.28. The fourth-order valence-corrected chi connectivity index (χ4v) is 2.67. The second kappa shape index (κ2) is 8.34. The van der Waals surface area contributed by atoms with Gasteiger partial charge in [0.1, 0.15) is 5.75 Å². The van der Waals surface area contributed by atoms with Crippen LogP contribution in [-0.2, 0) is 21.5 Å². The van der Waals surface area contributed by atoms with Crippen LogP contribution in [0.15, 0.2) is 24.3 Å². The van der Waals surface area contributed by atoms with Crippen molar-refractivity contribution in [3.05, 3.63) is 29.8 Å². The van der Waals surface area contributed by atoms with Crippen LogP contribution in [0.2, 0.25) is 0 Å². The molecule has 0 spiro atoms. The van der Waals surface area contributed by atoms with Gasteiger partial charge in [0.2, 0.25) is 5.91 Å². The molecular formula is C17H27NO4S. The zero-order chi connectivity index (χ0) is 17.6. The zero-order valence-corrected chi connectivity index (χ0v) is 15.4. The van der Waals surface area contributed by atoms with Crippen molar-refractivity contribution in [2.45, 2.75) is 53.6 Å². The van der Waals surface area contributed by atoms with Crippen LogP contribution in [0.1, 0.15) is 46.6 Å². The van der Waals surface area contributed by atoms with Gasteiger partial charge in [-0.2, -0.15) is 8.42 Å². The van der Waals surface area contributed by atoms with Crippen molar-refractivity contribution in [1.29, 1.82) is 0 Å². The Hall–Kier alpha value is -1.56. The predicted octanol–water partition coefficient (Wildman–Crippen LogP) is 3.20. The highest BCUT2D eigenvalue weighted by molar-refractivity contribution is 7.87. The molecule has 23 heavy (non-hydrogen) atoms. The van der Waals surface area contributed by atoms with Gasteiger partial charge in [-0.05, 0) is 32.8 Å². The van der Waals surface area contributed by atoms with Crippen molar-refractivity contribution < 1.29 is 17.4 Å². The summed E-state index contributed by atoms with van der Waals surface area (Å²) in [4.78, 5) is 14.2. The molecule has 1 aromatic rings. The molecule has 1 amide bonds. The molecule has 0 aromatic heterocycles. The minimum Gasteiger partial charge on any atom is -0.382 e. The SMILES string of the molecule is CCS(=O)(=O)Oc1ccccc1CN(C(=O)CC(C)C)C(C)C. The molecule has 0 saturated carbocycles. The van der Waals surface area contributed by atoms with E-state index < -0.39 is 10.1 Å². The third kappa shape index (κ3) is 6.22. The summed E-state index contributed by atoms with van der Waals surface area (Å²) in [7, 11) is -3.59. The summed E-state index contributed by atoms with van der Waals surface area (Å²) in [5, 5.41) is 0. The van der Waals surface area contributed by atoms with Crippen molar-refractivity contribution in [2.24, 2.45) is 5.92 Å². The largest absolute Gasteiger partial charge is 0.382 e. The van der Waals surface area contributed by atoms with Crippen LogP contribution in [0.25, 0.3) is 0 Å². The number of benzene rings is 1. The zero-order valence-electron chi connectivity index (χ0n) is 14.6. The monoisotopic (exact) mass is 341 g/mol. The van der Waals surface area contributed by atoms with E-state index in [4.69, 9.17) is 4.18 Å². The molecule has 0 fully saturated rings. The third-order valence-electron chi connectivity index (χ3n) is 3.41. The normalized spacial score (nSPS) is 11.8. The molecular weight excluding hydrogens is 314 g/mol. The van der Waals surface area contributed by atoms with Crippen LogP contribution in [-0.4, -0.2) is 31.0 Å². The fourth-order valence-electron chi connectivity index (χ4n) is 2.12. The van der Waals surface area contributed by atoms with Gasteiger partial charge in [-0.1, -0.05) is 32.0 Å². The molecule has 0 radical (unpaired) electrons. The van der Waals surface area contributed by atoms with Crippen LogP contribution in [0.5, 0.6) is 5.75 Å². The molecule has 0 unspecified atom stereocenters. The summed E-state index contributed by atoms with van der Waals surface area (Å²) in [6.07, 6.45) is 0.467. The molecule has 0 heterocycles.